The lowest BCUT2D eigenvalue weighted by Crippen LogP contribution is -2.25. The number of amides is 1. The third-order valence-electron chi connectivity index (χ3n) is 4.19. The van der Waals surface area contributed by atoms with E-state index in [9.17, 15) is 9.59 Å². The minimum Gasteiger partial charge on any atom is -0.316 e. The van der Waals surface area contributed by atoms with E-state index >= 15 is 0 Å². The second kappa shape index (κ2) is 7.05. The number of rotatable bonds is 4. The van der Waals surface area contributed by atoms with Gasteiger partial charge in [0.2, 0.25) is 0 Å². The van der Waals surface area contributed by atoms with E-state index in [-0.39, 0.29) is 5.15 Å². The van der Waals surface area contributed by atoms with Crippen molar-refractivity contribution >= 4 is 34.5 Å². The van der Waals surface area contributed by atoms with Gasteiger partial charge in [-0.25, -0.2) is 4.98 Å². The van der Waals surface area contributed by atoms with Gasteiger partial charge in [0.15, 0.2) is 5.15 Å². The predicted molar refractivity (Wildman–Crippen MR) is 105 cm³/mol. The molecule has 1 N–H and O–H groups in total. The molecule has 27 heavy (non-hydrogen) atoms. The first kappa shape index (κ1) is 17.0. The van der Waals surface area contributed by atoms with Crippen molar-refractivity contribution in [2.75, 3.05) is 5.32 Å². The molecule has 0 saturated heterocycles. The second-order valence-corrected chi connectivity index (χ2v) is 6.25. The smallest absolute Gasteiger partial charge is 0.298 e. The zero-order valence-corrected chi connectivity index (χ0v) is 14.9. The van der Waals surface area contributed by atoms with Gasteiger partial charge in [-0.15, -0.1) is 0 Å². The number of ketones is 1. The van der Waals surface area contributed by atoms with Gasteiger partial charge in [-0.3, -0.25) is 9.59 Å². The Morgan fingerprint density at radius 3 is 2.52 bits per heavy atom. The lowest BCUT2D eigenvalue weighted by molar-refractivity contribution is -0.112. The third kappa shape index (κ3) is 3.20. The molecule has 4 rings (SSSR count). The number of hydrogen-bond donors (Lipinski definition) is 1. The molecule has 0 saturated carbocycles. The van der Waals surface area contributed by atoms with Crippen LogP contribution in [0.1, 0.15) is 10.5 Å². The molecule has 0 spiro atoms. The number of carbonyl (C=O) groups is 2. The lowest BCUT2D eigenvalue weighted by atomic mass is 10.0. The molecule has 1 aromatic carbocycles. The third-order valence-corrected chi connectivity index (χ3v) is 4.49. The first-order chi connectivity index (χ1) is 13.1. The van der Waals surface area contributed by atoms with Crippen molar-refractivity contribution in [3.63, 3.8) is 0 Å². The summed E-state index contributed by atoms with van der Waals surface area (Å²) in [7, 11) is 0. The average molecular weight is 376 g/mol. The van der Waals surface area contributed by atoms with Gasteiger partial charge in [0.1, 0.15) is 5.69 Å². The number of carbonyl (C=O) groups excluding carboxylic acids is 2. The number of nitrogens with one attached hydrogen (secondary N) is 1. The maximum atomic E-state index is 13.0. The Bertz CT molecular complexity index is 1150. The van der Waals surface area contributed by atoms with Crippen LogP contribution >= 0.6 is 11.6 Å². The van der Waals surface area contributed by atoms with E-state index in [0.29, 0.717) is 16.9 Å². The summed E-state index contributed by atoms with van der Waals surface area (Å²) in [6.45, 7) is 0. The number of benzene rings is 1. The molecule has 3 aromatic heterocycles. The predicted octanol–water partition coefficient (Wildman–Crippen LogP) is 4.48. The molecule has 1 amide bonds. The maximum Gasteiger partial charge on any atom is 0.298 e. The van der Waals surface area contributed by atoms with E-state index in [0.717, 1.165) is 11.1 Å². The van der Waals surface area contributed by atoms with E-state index in [1.165, 1.54) is 6.20 Å². The van der Waals surface area contributed by atoms with Crippen molar-refractivity contribution in [1.82, 2.24) is 9.38 Å². The van der Waals surface area contributed by atoms with Gasteiger partial charge < -0.3 is 9.72 Å². The number of pyridine rings is 2. The van der Waals surface area contributed by atoms with Crippen molar-refractivity contribution in [3.8, 4) is 11.1 Å². The van der Waals surface area contributed by atoms with Crippen LogP contribution < -0.4 is 5.32 Å². The molecule has 0 aliphatic rings. The highest BCUT2D eigenvalue weighted by Crippen LogP contribution is 2.28. The number of Topliss-reactive ketones (excluding diaryl/α,β-unsaturated/α-hetero) is 1. The van der Waals surface area contributed by atoms with Gasteiger partial charge in [0, 0.05) is 23.5 Å². The molecule has 0 aliphatic carbocycles. The van der Waals surface area contributed by atoms with Crippen molar-refractivity contribution in [2.24, 2.45) is 0 Å². The van der Waals surface area contributed by atoms with Crippen molar-refractivity contribution in [2.45, 2.75) is 0 Å². The minimum atomic E-state index is -0.772. The summed E-state index contributed by atoms with van der Waals surface area (Å²) in [5.74, 6) is -1.43. The Balaban J connectivity index is 1.79. The monoisotopic (exact) mass is 375 g/mol. The number of hydrogen-bond acceptors (Lipinski definition) is 3. The molecule has 0 unspecified atom stereocenters. The molecule has 6 heteroatoms. The quantitative estimate of drug-likeness (QED) is 0.325. The van der Waals surface area contributed by atoms with Gasteiger partial charge in [-0.05, 0) is 35.9 Å². The average Bonchev–Trinajstić information content (AvgIpc) is 3.09. The lowest BCUT2D eigenvalue weighted by Gasteiger charge is -2.08. The maximum absolute atomic E-state index is 13.0. The standard InChI is InChI=1S/C21H14ClN3O2/c22-20-17(10-6-11-23-20)24-21(27)19(26)18-16(14-7-2-1-3-8-14)13-15-9-4-5-12-25(15)18/h1-13H,(H,24,27). The van der Waals surface area contributed by atoms with Gasteiger partial charge in [-0.2, -0.15) is 0 Å². The Morgan fingerprint density at radius 2 is 1.74 bits per heavy atom. The molecule has 0 atom stereocenters. The van der Waals surface area contributed by atoms with Gasteiger partial charge in [0.05, 0.1) is 5.69 Å². The molecule has 0 aliphatic heterocycles. The molecule has 132 valence electrons. The summed E-state index contributed by atoms with van der Waals surface area (Å²) >= 11 is 5.98. The Kier molecular flexibility index (Phi) is 4.44. The van der Waals surface area contributed by atoms with E-state index in [2.05, 4.69) is 10.3 Å². The van der Waals surface area contributed by atoms with E-state index in [1.807, 2.05) is 54.6 Å². The summed E-state index contributed by atoms with van der Waals surface area (Å²) in [6, 6.07) is 20.2. The van der Waals surface area contributed by atoms with E-state index < -0.39 is 11.7 Å². The van der Waals surface area contributed by atoms with E-state index in [1.54, 1.807) is 22.7 Å². The van der Waals surface area contributed by atoms with Crippen LogP contribution in [-0.2, 0) is 4.79 Å². The number of nitrogens with zero attached hydrogens (tertiary/aromatic N) is 2. The van der Waals surface area contributed by atoms with Crippen molar-refractivity contribution in [1.29, 1.82) is 0 Å². The highest BCUT2D eigenvalue weighted by Gasteiger charge is 2.25. The van der Waals surface area contributed by atoms with Gasteiger partial charge >= 0.3 is 0 Å². The number of fused-ring (bicyclic) bond motifs is 1. The van der Waals surface area contributed by atoms with Crippen LogP contribution in [0.2, 0.25) is 5.15 Å². The van der Waals surface area contributed by atoms with Gasteiger partial charge in [-0.1, -0.05) is 48.0 Å². The molecule has 4 aromatic rings. The summed E-state index contributed by atoms with van der Waals surface area (Å²) in [4.78, 5) is 29.6. The zero-order chi connectivity index (χ0) is 18.8. The SMILES string of the molecule is O=C(Nc1cccnc1Cl)C(=O)c1c(-c2ccccc2)cc2ccccn12. The van der Waals surface area contributed by atoms with Crippen LogP contribution in [0.15, 0.2) is 79.1 Å². The molecule has 5 nitrogen and oxygen atoms in total. The van der Waals surface area contributed by atoms with Crippen LogP contribution in [0.5, 0.6) is 0 Å². The highest BCUT2D eigenvalue weighted by molar-refractivity contribution is 6.48. The fourth-order valence-corrected chi connectivity index (χ4v) is 3.13. The van der Waals surface area contributed by atoms with E-state index in [4.69, 9.17) is 11.6 Å². The fraction of sp³-hybridized carbons (Fsp3) is 0. The molecule has 0 bridgehead atoms. The fourth-order valence-electron chi connectivity index (χ4n) is 2.96. The number of aromatic nitrogens is 2. The van der Waals surface area contributed by atoms with Crippen LogP contribution in [-0.4, -0.2) is 21.1 Å². The highest BCUT2D eigenvalue weighted by atomic mass is 35.5. The Morgan fingerprint density at radius 1 is 0.963 bits per heavy atom. The zero-order valence-electron chi connectivity index (χ0n) is 14.1. The first-order valence-corrected chi connectivity index (χ1v) is 8.64. The molecular weight excluding hydrogens is 362 g/mol. The largest absolute Gasteiger partial charge is 0.316 e. The van der Waals surface area contributed by atoms with Crippen LogP contribution in [0.4, 0.5) is 5.69 Å². The summed E-state index contributed by atoms with van der Waals surface area (Å²) < 4.78 is 1.72. The normalized spacial score (nSPS) is 10.7. The number of halogens is 1. The Labute approximate surface area is 160 Å². The summed E-state index contributed by atoms with van der Waals surface area (Å²) in [6.07, 6.45) is 3.27. The number of anilines is 1. The first-order valence-electron chi connectivity index (χ1n) is 8.27. The second-order valence-electron chi connectivity index (χ2n) is 5.89. The molecule has 3 heterocycles. The van der Waals surface area contributed by atoms with Crippen LogP contribution in [0.3, 0.4) is 0 Å². The van der Waals surface area contributed by atoms with Crippen molar-refractivity contribution in [3.05, 3.63) is 90.0 Å². The summed E-state index contributed by atoms with van der Waals surface area (Å²) in [5.41, 5.74) is 2.97. The van der Waals surface area contributed by atoms with Crippen LogP contribution in [0, 0.1) is 0 Å². The Hall–Kier alpha value is -3.44. The summed E-state index contributed by atoms with van der Waals surface area (Å²) in [5, 5.41) is 2.67. The minimum absolute atomic E-state index is 0.127. The topological polar surface area (TPSA) is 63.5 Å². The molecule has 0 fully saturated rings. The molecular formula is C21H14ClN3O2. The van der Waals surface area contributed by atoms with Gasteiger partial charge in [0.25, 0.3) is 11.7 Å². The van der Waals surface area contributed by atoms with Crippen LogP contribution in [0.25, 0.3) is 16.6 Å². The molecule has 0 radical (unpaired) electrons. The van der Waals surface area contributed by atoms with Crippen molar-refractivity contribution < 1.29 is 9.59 Å².